The summed E-state index contributed by atoms with van der Waals surface area (Å²) in [7, 11) is -3.59. The molecule has 1 aromatic carbocycles. The molecule has 1 aromatic rings. The monoisotopic (exact) mass is 306 g/mol. The van der Waals surface area contributed by atoms with Gasteiger partial charge in [-0.25, -0.2) is 8.42 Å². The highest BCUT2D eigenvalue weighted by molar-refractivity contribution is 8.00. The van der Waals surface area contributed by atoms with E-state index < -0.39 is 10.0 Å². The summed E-state index contributed by atoms with van der Waals surface area (Å²) < 4.78 is 26.5. The smallest absolute Gasteiger partial charge is 0.246 e. The summed E-state index contributed by atoms with van der Waals surface area (Å²) in [5.74, 6) is 0.796. The lowest BCUT2D eigenvalue weighted by Gasteiger charge is -2.30. The highest BCUT2D eigenvalue weighted by Gasteiger charge is 2.31. The lowest BCUT2D eigenvalue weighted by atomic mass is 10.3. The second-order valence-electron chi connectivity index (χ2n) is 4.20. The molecule has 0 spiro atoms. The molecule has 1 unspecified atom stereocenters. The third-order valence-electron chi connectivity index (χ3n) is 2.80. The van der Waals surface area contributed by atoms with E-state index in [1.807, 2.05) is 6.92 Å². The van der Waals surface area contributed by atoms with Gasteiger partial charge < -0.3 is 5.73 Å². The predicted octanol–water partition coefficient (Wildman–Crippen LogP) is 2.05. The number of halogens is 1. The van der Waals surface area contributed by atoms with E-state index in [-0.39, 0.29) is 20.9 Å². The van der Waals surface area contributed by atoms with Crippen molar-refractivity contribution in [2.24, 2.45) is 0 Å². The zero-order valence-corrected chi connectivity index (χ0v) is 12.4. The average molecular weight is 307 g/mol. The second-order valence-corrected chi connectivity index (χ2v) is 8.03. The van der Waals surface area contributed by atoms with Crippen LogP contribution in [0.1, 0.15) is 6.92 Å². The van der Waals surface area contributed by atoms with Gasteiger partial charge in [-0.05, 0) is 12.1 Å². The van der Waals surface area contributed by atoms with Crippen LogP contribution in [-0.4, -0.2) is 36.8 Å². The summed E-state index contributed by atoms with van der Waals surface area (Å²) in [6.07, 6.45) is 0. The maximum atomic E-state index is 12.5. The number of thioether (sulfide) groups is 1. The number of nitrogen functional groups attached to an aromatic ring is 1. The second kappa shape index (κ2) is 5.28. The molecule has 100 valence electrons. The van der Waals surface area contributed by atoms with Crippen molar-refractivity contribution < 1.29 is 8.42 Å². The fourth-order valence-corrected chi connectivity index (χ4v) is 5.32. The number of sulfonamides is 1. The number of nitrogens with zero attached hydrogens (tertiary/aromatic N) is 1. The standard InChI is InChI=1S/C11H15ClN2O2S2/c1-8-7-14(5-6-17-8)18(15,16)11-9(12)3-2-4-10(11)13/h2-4,8H,5-7,13H2,1H3. The van der Waals surface area contributed by atoms with Crippen LogP contribution in [0.2, 0.25) is 5.02 Å². The molecular formula is C11H15ClN2O2S2. The molecule has 0 aromatic heterocycles. The van der Waals surface area contributed by atoms with Gasteiger partial charge in [0.25, 0.3) is 0 Å². The highest BCUT2D eigenvalue weighted by atomic mass is 35.5. The van der Waals surface area contributed by atoms with E-state index in [4.69, 9.17) is 17.3 Å². The molecule has 1 atom stereocenters. The molecule has 1 fully saturated rings. The van der Waals surface area contributed by atoms with Crippen LogP contribution in [0.4, 0.5) is 5.69 Å². The van der Waals surface area contributed by atoms with Gasteiger partial charge in [0.15, 0.2) is 0 Å². The van der Waals surface area contributed by atoms with Crippen molar-refractivity contribution in [3.8, 4) is 0 Å². The molecule has 1 heterocycles. The van der Waals surface area contributed by atoms with E-state index in [9.17, 15) is 8.42 Å². The van der Waals surface area contributed by atoms with Gasteiger partial charge in [-0.3, -0.25) is 0 Å². The molecule has 7 heteroatoms. The molecule has 18 heavy (non-hydrogen) atoms. The lowest BCUT2D eigenvalue weighted by molar-refractivity contribution is 0.424. The largest absolute Gasteiger partial charge is 0.398 e. The van der Waals surface area contributed by atoms with Gasteiger partial charge in [0.05, 0.1) is 10.7 Å². The van der Waals surface area contributed by atoms with Crippen LogP contribution in [0.15, 0.2) is 23.1 Å². The molecule has 4 nitrogen and oxygen atoms in total. The minimum Gasteiger partial charge on any atom is -0.398 e. The zero-order chi connectivity index (χ0) is 13.3. The van der Waals surface area contributed by atoms with E-state index in [2.05, 4.69) is 0 Å². The summed E-state index contributed by atoms with van der Waals surface area (Å²) in [6.45, 7) is 3.02. The third-order valence-corrected chi connectivity index (χ3v) is 6.35. The molecule has 0 bridgehead atoms. The Labute approximate surface area is 117 Å². The van der Waals surface area contributed by atoms with Gasteiger partial charge in [0.1, 0.15) is 4.90 Å². The topological polar surface area (TPSA) is 63.4 Å². The first-order valence-electron chi connectivity index (χ1n) is 5.58. The van der Waals surface area contributed by atoms with Gasteiger partial charge in [-0.1, -0.05) is 24.6 Å². The van der Waals surface area contributed by atoms with Crippen molar-refractivity contribution >= 4 is 39.1 Å². The van der Waals surface area contributed by atoms with E-state index in [1.165, 1.54) is 4.31 Å². The van der Waals surface area contributed by atoms with E-state index >= 15 is 0 Å². The predicted molar refractivity (Wildman–Crippen MR) is 76.5 cm³/mol. The molecule has 0 amide bonds. The average Bonchev–Trinajstić information content (AvgIpc) is 2.28. The normalized spacial score (nSPS) is 22.0. The van der Waals surface area contributed by atoms with Crippen LogP contribution >= 0.6 is 23.4 Å². The van der Waals surface area contributed by atoms with Crippen LogP contribution < -0.4 is 5.73 Å². The van der Waals surface area contributed by atoms with Crippen LogP contribution in [0.25, 0.3) is 0 Å². The number of nitrogens with two attached hydrogens (primary N) is 1. The maximum Gasteiger partial charge on any atom is 0.246 e. The lowest BCUT2D eigenvalue weighted by Crippen LogP contribution is -2.41. The van der Waals surface area contributed by atoms with Crippen molar-refractivity contribution in [1.29, 1.82) is 0 Å². The molecule has 1 aliphatic rings. The van der Waals surface area contributed by atoms with Gasteiger partial charge in [0, 0.05) is 24.1 Å². The summed E-state index contributed by atoms with van der Waals surface area (Å²) in [6, 6.07) is 4.75. The Balaban J connectivity index is 2.42. The van der Waals surface area contributed by atoms with Gasteiger partial charge in [-0.15, -0.1) is 0 Å². The first kappa shape index (κ1) is 14.0. The Morgan fingerprint density at radius 3 is 2.83 bits per heavy atom. The number of hydrogen-bond acceptors (Lipinski definition) is 4. The Kier molecular flexibility index (Phi) is 4.11. The van der Waals surface area contributed by atoms with Crippen molar-refractivity contribution in [3.05, 3.63) is 23.2 Å². The fraction of sp³-hybridized carbons (Fsp3) is 0.455. The van der Waals surface area contributed by atoms with Crippen LogP contribution in [0.3, 0.4) is 0 Å². The zero-order valence-electron chi connectivity index (χ0n) is 9.97. The third kappa shape index (κ3) is 2.61. The fourth-order valence-electron chi connectivity index (χ4n) is 1.93. The first-order valence-corrected chi connectivity index (χ1v) is 8.45. The molecular weight excluding hydrogens is 292 g/mol. The minimum atomic E-state index is -3.59. The number of hydrogen-bond donors (Lipinski definition) is 1. The van der Waals surface area contributed by atoms with Gasteiger partial charge in [0.2, 0.25) is 10.0 Å². The van der Waals surface area contributed by atoms with Crippen molar-refractivity contribution in [2.75, 3.05) is 24.6 Å². The molecule has 1 aliphatic heterocycles. The quantitative estimate of drug-likeness (QED) is 0.849. The molecule has 1 saturated heterocycles. The molecule has 0 radical (unpaired) electrons. The van der Waals surface area contributed by atoms with Crippen LogP contribution in [-0.2, 0) is 10.0 Å². The summed E-state index contributed by atoms with van der Waals surface area (Å²) in [4.78, 5) is 0.0331. The Bertz CT molecular complexity index is 528. The van der Waals surface area contributed by atoms with Crippen molar-refractivity contribution in [2.45, 2.75) is 17.1 Å². The Hall–Kier alpha value is -0.430. The van der Waals surface area contributed by atoms with Gasteiger partial charge >= 0.3 is 0 Å². The maximum absolute atomic E-state index is 12.5. The van der Waals surface area contributed by atoms with Crippen molar-refractivity contribution in [3.63, 3.8) is 0 Å². The number of anilines is 1. The molecule has 0 aliphatic carbocycles. The first-order chi connectivity index (χ1) is 8.43. The van der Waals surface area contributed by atoms with Crippen LogP contribution in [0, 0.1) is 0 Å². The molecule has 2 rings (SSSR count). The minimum absolute atomic E-state index is 0.0331. The molecule has 0 saturated carbocycles. The number of benzene rings is 1. The number of rotatable bonds is 2. The van der Waals surface area contributed by atoms with Gasteiger partial charge in [-0.2, -0.15) is 16.1 Å². The van der Waals surface area contributed by atoms with Crippen molar-refractivity contribution in [1.82, 2.24) is 4.31 Å². The van der Waals surface area contributed by atoms with E-state index in [0.29, 0.717) is 13.1 Å². The van der Waals surface area contributed by atoms with E-state index in [1.54, 1.807) is 30.0 Å². The molecule has 2 N–H and O–H groups in total. The summed E-state index contributed by atoms with van der Waals surface area (Å²) in [5, 5.41) is 0.470. The highest BCUT2D eigenvalue weighted by Crippen LogP contribution is 2.32. The van der Waals surface area contributed by atoms with E-state index in [0.717, 1.165) is 5.75 Å². The summed E-state index contributed by atoms with van der Waals surface area (Å²) >= 11 is 7.75. The Morgan fingerprint density at radius 2 is 2.22 bits per heavy atom. The summed E-state index contributed by atoms with van der Waals surface area (Å²) in [5.41, 5.74) is 5.96. The Morgan fingerprint density at radius 1 is 1.50 bits per heavy atom. The SMILES string of the molecule is CC1CN(S(=O)(=O)c2c(N)cccc2Cl)CCS1. The van der Waals surface area contributed by atoms with Crippen LogP contribution in [0.5, 0.6) is 0 Å².